The van der Waals surface area contributed by atoms with E-state index in [1.54, 1.807) is 30.3 Å². The molecule has 0 aliphatic heterocycles. The second kappa shape index (κ2) is 6.07. The number of carbonyl (C=O) groups is 1. The highest BCUT2D eigenvalue weighted by atomic mass is 35.5. The van der Waals surface area contributed by atoms with Gasteiger partial charge in [0.15, 0.2) is 6.61 Å². The van der Waals surface area contributed by atoms with Crippen LogP contribution in [0, 0.1) is 0 Å². The van der Waals surface area contributed by atoms with Gasteiger partial charge in [0.2, 0.25) is 0 Å². The molecule has 1 amide bonds. The highest BCUT2D eigenvalue weighted by molar-refractivity contribution is 7.00. The second-order valence-corrected chi connectivity index (χ2v) is 5.20. The molecule has 1 N–H and O–H groups in total. The average molecular weight is 320 g/mol. The van der Waals surface area contributed by atoms with Crippen LogP contribution in [0.15, 0.2) is 42.5 Å². The van der Waals surface area contributed by atoms with Crippen LogP contribution in [0.1, 0.15) is 0 Å². The molecule has 106 valence electrons. The Labute approximate surface area is 129 Å². The third kappa shape index (κ3) is 3.29. The van der Waals surface area contributed by atoms with Crippen molar-refractivity contribution in [3.63, 3.8) is 0 Å². The summed E-state index contributed by atoms with van der Waals surface area (Å²) in [5, 5.41) is 3.32. The average Bonchev–Trinajstić information content (AvgIpc) is 2.95. The predicted molar refractivity (Wildman–Crippen MR) is 83.0 cm³/mol. The number of benzene rings is 2. The van der Waals surface area contributed by atoms with E-state index in [1.807, 2.05) is 12.1 Å². The van der Waals surface area contributed by atoms with Gasteiger partial charge < -0.3 is 10.1 Å². The molecule has 0 saturated heterocycles. The molecular weight excluding hydrogens is 310 g/mol. The summed E-state index contributed by atoms with van der Waals surface area (Å²) in [6.45, 7) is -0.103. The molecule has 0 aliphatic rings. The number of fused-ring (bicyclic) bond motifs is 1. The lowest BCUT2D eigenvalue weighted by molar-refractivity contribution is -0.118. The van der Waals surface area contributed by atoms with E-state index in [9.17, 15) is 4.79 Å². The first-order chi connectivity index (χ1) is 10.2. The number of hydrogen-bond acceptors (Lipinski definition) is 5. The Bertz CT molecular complexity index is 790. The van der Waals surface area contributed by atoms with Crippen molar-refractivity contribution in [2.24, 2.45) is 0 Å². The van der Waals surface area contributed by atoms with Crippen molar-refractivity contribution in [1.29, 1.82) is 0 Å². The van der Waals surface area contributed by atoms with Crippen LogP contribution in [0.4, 0.5) is 5.69 Å². The van der Waals surface area contributed by atoms with Gasteiger partial charge in [0.05, 0.1) is 17.4 Å². The third-order valence-corrected chi connectivity index (χ3v) is 3.50. The summed E-state index contributed by atoms with van der Waals surface area (Å²) in [5.41, 5.74) is 2.06. The minimum Gasteiger partial charge on any atom is -0.484 e. The fourth-order valence-corrected chi connectivity index (χ4v) is 2.53. The van der Waals surface area contributed by atoms with E-state index < -0.39 is 0 Å². The Kier molecular flexibility index (Phi) is 3.98. The zero-order valence-corrected chi connectivity index (χ0v) is 12.3. The van der Waals surface area contributed by atoms with Crippen LogP contribution in [0.3, 0.4) is 0 Å². The summed E-state index contributed by atoms with van der Waals surface area (Å²) in [4.78, 5) is 11.9. The molecule has 0 bridgehead atoms. The number of rotatable bonds is 4. The SMILES string of the molecule is O=C(COc1cccc(Cl)c1)Nc1cccc2nsnc12. The highest BCUT2D eigenvalue weighted by Crippen LogP contribution is 2.21. The molecule has 0 unspecified atom stereocenters. The highest BCUT2D eigenvalue weighted by Gasteiger charge is 2.09. The van der Waals surface area contributed by atoms with Gasteiger partial charge in [-0.05, 0) is 30.3 Å². The molecule has 5 nitrogen and oxygen atoms in total. The molecule has 3 rings (SSSR count). The van der Waals surface area contributed by atoms with Crippen molar-refractivity contribution < 1.29 is 9.53 Å². The van der Waals surface area contributed by atoms with Crippen LogP contribution in [-0.4, -0.2) is 21.3 Å². The standard InChI is InChI=1S/C14H10ClN3O2S/c15-9-3-1-4-10(7-9)20-8-13(19)16-11-5-2-6-12-14(11)18-21-17-12/h1-7H,8H2,(H,16,19). The Morgan fingerprint density at radius 1 is 1.24 bits per heavy atom. The molecule has 21 heavy (non-hydrogen) atoms. The number of aromatic nitrogens is 2. The Hall–Kier alpha value is -2.18. The summed E-state index contributed by atoms with van der Waals surface area (Å²) in [7, 11) is 0. The first-order valence-corrected chi connectivity index (χ1v) is 7.23. The van der Waals surface area contributed by atoms with Crippen LogP contribution in [-0.2, 0) is 4.79 Å². The van der Waals surface area contributed by atoms with Crippen LogP contribution in [0.25, 0.3) is 11.0 Å². The lowest BCUT2D eigenvalue weighted by Crippen LogP contribution is -2.20. The Morgan fingerprint density at radius 3 is 2.95 bits per heavy atom. The molecule has 0 spiro atoms. The summed E-state index contributed by atoms with van der Waals surface area (Å²) >= 11 is 6.96. The third-order valence-electron chi connectivity index (χ3n) is 2.73. The van der Waals surface area contributed by atoms with E-state index in [2.05, 4.69) is 14.1 Å². The van der Waals surface area contributed by atoms with Crippen molar-refractivity contribution in [2.45, 2.75) is 0 Å². The van der Waals surface area contributed by atoms with Crippen molar-refractivity contribution in [1.82, 2.24) is 8.75 Å². The zero-order valence-electron chi connectivity index (χ0n) is 10.7. The van der Waals surface area contributed by atoms with Crippen LogP contribution >= 0.6 is 23.3 Å². The Morgan fingerprint density at radius 2 is 2.10 bits per heavy atom. The number of anilines is 1. The Balaban J connectivity index is 1.65. The molecule has 0 radical (unpaired) electrons. The van der Waals surface area contributed by atoms with E-state index in [4.69, 9.17) is 16.3 Å². The fraction of sp³-hybridized carbons (Fsp3) is 0.0714. The monoisotopic (exact) mass is 319 g/mol. The molecule has 0 saturated carbocycles. The van der Waals surface area contributed by atoms with E-state index in [-0.39, 0.29) is 12.5 Å². The lowest BCUT2D eigenvalue weighted by atomic mass is 10.2. The molecule has 0 fully saturated rings. The minimum absolute atomic E-state index is 0.103. The van der Waals surface area contributed by atoms with E-state index in [0.29, 0.717) is 22.0 Å². The normalized spacial score (nSPS) is 10.5. The predicted octanol–water partition coefficient (Wildman–Crippen LogP) is 3.36. The maximum Gasteiger partial charge on any atom is 0.262 e. The van der Waals surface area contributed by atoms with Gasteiger partial charge in [0.25, 0.3) is 5.91 Å². The molecule has 1 heterocycles. The molecule has 7 heteroatoms. The molecule has 0 aliphatic carbocycles. The number of nitrogens with one attached hydrogen (secondary N) is 1. The number of amides is 1. The fourth-order valence-electron chi connectivity index (χ4n) is 1.80. The first-order valence-electron chi connectivity index (χ1n) is 6.12. The molecule has 2 aromatic carbocycles. The topological polar surface area (TPSA) is 64.1 Å². The maximum absolute atomic E-state index is 11.9. The van der Waals surface area contributed by atoms with Gasteiger partial charge in [-0.3, -0.25) is 4.79 Å². The van der Waals surface area contributed by atoms with Gasteiger partial charge in [0.1, 0.15) is 16.8 Å². The van der Waals surface area contributed by atoms with E-state index in [0.717, 1.165) is 17.2 Å². The van der Waals surface area contributed by atoms with Crippen molar-refractivity contribution in [2.75, 3.05) is 11.9 Å². The van der Waals surface area contributed by atoms with E-state index in [1.165, 1.54) is 0 Å². The molecule has 3 aromatic rings. The van der Waals surface area contributed by atoms with Gasteiger partial charge >= 0.3 is 0 Å². The summed E-state index contributed by atoms with van der Waals surface area (Å²) in [5.74, 6) is 0.279. The van der Waals surface area contributed by atoms with Crippen molar-refractivity contribution >= 4 is 46.0 Å². The summed E-state index contributed by atoms with van der Waals surface area (Å²) in [6, 6.07) is 12.3. The van der Waals surface area contributed by atoms with Gasteiger partial charge in [-0.1, -0.05) is 23.7 Å². The first kappa shape index (κ1) is 13.8. The van der Waals surface area contributed by atoms with Gasteiger partial charge in [-0.2, -0.15) is 8.75 Å². The number of hydrogen-bond donors (Lipinski definition) is 1. The van der Waals surface area contributed by atoms with E-state index >= 15 is 0 Å². The lowest BCUT2D eigenvalue weighted by Gasteiger charge is -2.08. The zero-order chi connectivity index (χ0) is 14.7. The number of halogens is 1. The molecule has 1 aromatic heterocycles. The van der Waals surface area contributed by atoms with Gasteiger partial charge in [0, 0.05) is 5.02 Å². The van der Waals surface area contributed by atoms with Gasteiger partial charge in [-0.25, -0.2) is 0 Å². The summed E-state index contributed by atoms with van der Waals surface area (Å²) < 4.78 is 13.7. The van der Waals surface area contributed by atoms with Crippen molar-refractivity contribution in [3.8, 4) is 5.75 Å². The second-order valence-electron chi connectivity index (χ2n) is 4.23. The minimum atomic E-state index is -0.268. The van der Waals surface area contributed by atoms with Crippen LogP contribution in [0.5, 0.6) is 5.75 Å². The quantitative estimate of drug-likeness (QED) is 0.801. The smallest absolute Gasteiger partial charge is 0.262 e. The molecular formula is C14H10ClN3O2S. The van der Waals surface area contributed by atoms with Crippen LogP contribution in [0.2, 0.25) is 5.02 Å². The number of nitrogens with zero attached hydrogens (tertiary/aromatic N) is 2. The van der Waals surface area contributed by atoms with Gasteiger partial charge in [-0.15, -0.1) is 0 Å². The van der Waals surface area contributed by atoms with Crippen LogP contribution < -0.4 is 10.1 Å². The number of carbonyl (C=O) groups excluding carboxylic acids is 1. The van der Waals surface area contributed by atoms with Crippen molar-refractivity contribution in [3.05, 3.63) is 47.5 Å². The largest absolute Gasteiger partial charge is 0.484 e. The molecule has 0 atom stereocenters. The number of ether oxygens (including phenoxy) is 1. The summed E-state index contributed by atoms with van der Waals surface area (Å²) in [6.07, 6.45) is 0. The maximum atomic E-state index is 11.9.